The summed E-state index contributed by atoms with van der Waals surface area (Å²) >= 11 is 0. The maximum absolute atomic E-state index is 12.7. The van der Waals surface area contributed by atoms with E-state index in [0.717, 1.165) is 0 Å². The molecule has 0 bridgehead atoms. The number of hydrogen-bond acceptors (Lipinski definition) is 1. The van der Waals surface area contributed by atoms with Gasteiger partial charge < -0.3 is 10.2 Å². The second-order valence-electron chi connectivity index (χ2n) is 4.63. The van der Waals surface area contributed by atoms with Crippen LogP contribution in [0.4, 0.5) is 14.9 Å². The van der Waals surface area contributed by atoms with E-state index in [9.17, 15) is 9.18 Å². The van der Waals surface area contributed by atoms with E-state index in [4.69, 9.17) is 0 Å². The van der Waals surface area contributed by atoms with Gasteiger partial charge in [-0.3, -0.25) is 0 Å². The minimum absolute atomic E-state index is 0.143. The third kappa shape index (κ3) is 2.96. The van der Waals surface area contributed by atoms with Gasteiger partial charge in [0.25, 0.3) is 0 Å². The molecule has 4 heteroatoms. The van der Waals surface area contributed by atoms with Crippen LogP contribution in [0.5, 0.6) is 0 Å². The summed E-state index contributed by atoms with van der Waals surface area (Å²) in [7, 11) is 1.79. The lowest BCUT2D eigenvalue weighted by Crippen LogP contribution is -2.39. The number of nitrogens with one attached hydrogen (secondary N) is 1. The number of amides is 2. The fraction of sp³-hybridized carbons (Fsp3) is 0.462. The number of carbonyl (C=O) groups is 1. The Morgan fingerprint density at radius 2 is 2.00 bits per heavy atom. The predicted octanol–water partition coefficient (Wildman–Crippen LogP) is 3.09. The van der Waals surface area contributed by atoms with E-state index < -0.39 is 0 Å². The van der Waals surface area contributed by atoms with Gasteiger partial charge in [0.15, 0.2) is 0 Å². The van der Waals surface area contributed by atoms with Gasteiger partial charge in [0, 0.05) is 18.8 Å². The molecule has 0 radical (unpaired) electrons. The van der Waals surface area contributed by atoms with E-state index in [1.54, 1.807) is 24.1 Å². The third-order valence-electron chi connectivity index (χ3n) is 3.33. The summed E-state index contributed by atoms with van der Waals surface area (Å²) in [5.74, 6) is 0.335. The average Bonchev–Trinajstić information content (AvgIpc) is 3.14. The molecule has 1 saturated carbocycles. The number of urea groups is 1. The molecule has 0 aliphatic heterocycles. The third-order valence-corrected chi connectivity index (χ3v) is 3.33. The summed E-state index contributed by atoms with van der Waals surface area (Å²) in [5, 5.41) is 2.75. The van der Waals surface area contributed by atoms with Crippen molar-refractivity contribution in [2.24, 2.45) is 5.92 Å². The largest absolute Gasteiger partial charge is 0.325 e. The molecule has 0 aromatic heterocycles. The van der Waals surface area contributed by atoms with Gasteiger partial charge in [0.05, 0.1) is 0 Å². The Labute approximate surface area is 101 Å². The zero-order valence-corrected chi connectivity index (χ0v) is 10.1. The topological polar surface area (TPSA) is 32.3 Å². The molecule has 1 aromatic carbocycles. The second-order valence-corrected chi connectivity index (χ2v) is 4.63. The number of hydrogen-bond donors (Lipinski definition) is 1. The van der Waals surface area contributed by atoms with Crippen molar-refractivity contribution in [2.75, 3.05) is 12.4 Å². The van der Waals surface area contributed by atoms with Crippen molar-refractivity contribution in [3.63, 3.8) is 0 Å². The summed E-state index contributed by atoms with van der Waals surface area (Å²) in [4.78, 5) is 13.6. The maximum Gasteiger partial charge on any atom is 0.321 e. The van der Waals surface area contributed by atoms with E-state index >= 15 is 0 Å². The van der Waals surface area contributed by atoms with Gasteiger partial charge in [0.1, 0.15) is 5.82 Å². The molecule has 1 N–H and O–H groups in total. The van der Waals surface area contributed by atoms with Crippen LogP contribution < -0.4 is 5.32 Å². The average molecular weight is 236 g/mol. The number of carbonyl (C=O) groups excluding carboxylic acids is 1. The van der Waals surface area contributed by atoms with Crippen molar-refractivity contribution in [1.82, 2.24) is 4.90 Å². The van der Waals surface area contributed by atoms with Gasteiger partial charge in [-0.25, -0.2) is 9.18 Å². The van der Waals surface area contributed by atoms with Crippen molar-refractivity contribution < 1.29 is 9.18 Å². The molecule has 1 fully saturated rings. The molecule has 3 nitrogen and oxygen atoms in total. The number of nitrogens with zero attached hydrogens (tertiary/aromatic N) is 1. The Bertz CT molecular complexity index is 400. The lowest BCUT2D eigenvalue weighted by molar-refractivity contribution is 0.201. The van der Waals surface area contributed by atoms with Crippen LogP contribution in [0.15, 0.2) is 24.3 Å². The van der Waals surface area contributed by atoms with Crippen molar-refractivity contribution >= 4 is 11.7 Å². The number of rotatable bonds is 3. The first-order valence-electron chi connectivity index (χ1n) is 5.87. The van der Waals surface area contributed by atoms with Crippen LogP contribution in [-0.2, 0) is 0 Å². The van der Waals surface area contributed by atoms with Gasteiger partial charge in [-0.2, -0.15) is 0 Å². The Hall–Kier alpha value is -1.58. The van der Waals surface area contributed by atoms with E-state index in [1.165, 1.54) is 25.0 Å². The fourth-order valence-electron chi connectivity index (χ4n) is 1.82. The Balaban J connectivity index is 1.93. The number of anilines is 1. The van der Waals surface area contributed by atoms with E-state index in [1.807, 2.05) is 0 Å². The van der Waals surface area contributed by atoms with Crippen LogP contribution in [0.1, 0.15) is 19.8 Å². The zero-order valence-electron chi connectivity index (χ0n) is 10.1. The minimum Gasteiger partial charge on any atom is -0.325 e. The highest BCUT2D eigenvalue weighted by Gasteiger charge is 2.32. The molecular formula is C13H17FN2O. The quantitative estimate of drug-likeness (QED) is 0.859. The van der Waals surface area contributed by atoms with Crippen molar-refractivity contribution in [1.29, 1.82) is 0 Å². The summed E-state index contributed by atoms with van der Waals surface area (Å²) in [5.41, 5.74) is 0.617. The molecule has 1 aliphatic carbocycles. The lowest BCUT2D eigenvalue weighted by Gasteiger charge is -2.25. The van der Waals surface area contributed by atoms with Gasteiger partial charge in [-0.05, 0) is 49.9 Å². The molecule has 0 saturated heterocycles. The molecule has 2 rings (SSSR count). The van der Waals surface area contributed by atoms with E-state index in [-0.39, 0.29) is 17.9 Å². The summed E-state index contributed by atoms with van der Waals surface area (Å²) in [6, 6.07) is 5.90. The number of halogens is 1. The van der Waals surface area contributed by atoms with Gasteiger partial charge in [-0.15, -0.1) is 0 Å². The first-order valence-corrected chi connectivity index (χ1v) is 5.87. The lowest BCUT2D eigenvalue weighted by atomic mass is 10.2. The Morgan fingerprint density at radius 1 is 1.41 bits per heavy atom. The molecular weight excluding hydrogens is 219 g/mol. The molecule has 1 unspecified atom stereocenters. The maximum atomic E-state index is 12.7. The number of benzene rings is 1. The molecule has 1 aromatic rings. The molecule has 0 spiro atoms. The van der Waals surface area contributed by atoms with E-state index in [0.29, 0.717) is 11.6 Å². The zero-order chi connectivity index (χ0) is 12.4. The van der Waals surface area contributed by atoms with Crippen LogP contribution in [-0.4, -0.2) is 24.0 Å². The first-order chi connectivity index (χ1) is 8.08. The molecule has 2 amide bonds. The molecule has 1 atom stereocenters. The van der Waals surface area contributed by atoms with Crippen LogP contribution >= 0.6 is 0 Å². The van der Waals surface area contributed by atoms with Crippen LogP contribution in [0, 0.1) is 11.7 Å². The molecule has 0 heterocycles. The van der Waals surface area contributed by atoms with Crippen LogP contribution in [0.2, 0.25) is 0 Å². The highest BCUT2D eigenvalue weighted by Crippen LogP contribution is 2.34. The Kier molecular flexibility index (Phi) is 3.31. The Morgan fingerprint density at radius 3 is 2.53 bits per heavy atom. The first kappa shape index (κ1) is 11.9. The molecule has 17 heavy (non-hydrogen) atoms. The van der Waals surface area contributed by atoms with Gasteiger partial charge in [-0.1, -0.05) is 0 Å². The minimum atomic E-state index is -0.303. The molecule has 92 valence electrons. The monoisotopic (exact) mass is 236 g/mol. The van der Waals surface area contributed by atoms with E-state index in [2.05, 4.69) is 12.2 Å². The van der Waals surface area contributed by atoms with Crippen LogP contribution in [0.25, 0.3) is 0 Å². The predicted molar refractivity (Wildman–Crippen MR) is 65.4 cm³/mol. The van der Waals surface area contributed by atoms with Crippen molar-refractivity contribution in [3.05, 3.63) is 30.1 Å². The van der Waals surface area contributed by atoms with Crippen LogP contribution in [0.3, 0.4) is 0 Å². The summed E-state index contributed by atoms with van der Waals surface area (Å²) in [6.07, 6.45) is 2.41. The molecule has 1 aliphatic rings. The summed E-state index contributed by atoms with van der Waals surface area (Å²) in [6.45, 7) is 2.06. The summed E-state index contributed by atoms with van der Waals surface area (Å²) < 4.78 is 12.7. The second kappa shape index (κ2) is 4.73. The fourth-order valence-corrected chi connectivity index (χ4v) is 1.82. The van der Waals surface area contributed by atoms with Crippen molar-refractivity contribution in [2.45, 2.75) is 25.8 Å². The normalized spacial score (nSPS) is 16.4. The smallest absolute Gasteiger partial charge is 0.321 e. The van der Waals surface area contributed by atoms with Gasteiger partial charge >= 0.3 is 6.03 Å². The SMILES string of the molecule is CC(C1CC1)N(C)C(=O)Nc1ccc(F)cc1. The standard InChI is InChI=1S/C13H17FN2O/c1-9(10-3-4-10)16(2)13(17)15-12-7-5-11(14)6-8-12/h5-10H,3-4H2,1-2H3,(H,15,17). The van der Waals surface area contributed by atoms with Gasteiger partial charge in [0.2, 0.25) is 0 Å². The van der Waals surface area contributed by atoms with Crippen molar-refractivity contribution in [3.8, 4) is 0 Å². The highest BCUT2D eigenvalue weighted by atomic mass is 19.1. The highest BCUT2D eigenvalue weighted by molar-refractivity contribution is 5.89.